The second-order valence-electron chi connectivity index (χ2n) is 6.04. The number of guanidine groups is 1. The molecule has 0 aliphatic carbocycles. The number of thiazole rings is 1. The van der Waals surface area contributed by atoms with Gasteiger partial charge in [-0.15, -0.1) is 11.3 Å². The van der Waals surface area contributed by atoms with Crippen molar-refractivity contribution in [3.05, 3.63) is 45.4 Å². The van der Waals surface area contributed by atoms with Crippen molar-refractivity contribution in [2.45, 2.75) is 32.6 Å². The maximum atomic E-state index is 5.55. The Labute approximate surface area is 153 Å². The number of benzene rings is 1. The van der Waals surface area contributed by atoms with E-state index < -0.39 is 0 Å². The minimum atomic E-state index is 0.812. The number of nitrogens with one attached hydrogen (secondary N) is 2. The van der Waals surface area contributed by atoms with Crippen LogP contribution in [0, 0.1) is 0 Å². The molecule has 3 rings (SSSR count). The predicted molar refractivity (Wildman–Crippen MR) is 104 cm³/mol. The molecule has 0 spiro atoms. The average molecular weight is 359 g/mol. The summed E-state index contributed by atoms with van der Waals surface area (Å²) in [5, 5.41) is 7.92. The summed E-state index contributed by atoms with van der Waals surface area (Å²) in [7, 11) is 1.81. The molecule has 6 heteroatoms. The molecule has 1 aliphatic rings. The average Bonchev–Trinajstić information content (AvgIpc) is 3.28. The zero-order valence-electron chi connectivity index (χ0n) is 15.0. The van der Waals surface area contributed by atoms with Gasteiger partial charge in [0.05, 0.1) is 11.6 Å². The first-order valence-corrected chi connectivity index (χ1v) is 9.73. The van der Waals surface area contributed by atoms with Gasteiger partial charge in [-0.3, -0.25) is 4.99 Å². The lowest BCUT2D eigenvalue weighted by Gasteiger charge is -2.11. The summed E-state index contributed by atoms with van der Waals surface area (Å²) in [6.07, 6.45) is 5.96. The maximum absolute atomic E-state index is 5.55. The molecular formula is C19H26N4OS. The highest BCUT2D eigenvalue weighted by atomic mass is 32.1. The number of rotatable bonds is 7. The van der Waals surface area contributed by atoms with Gasteiger partial charge in [0, 0.05) is 44.1 Å². The molecule has 0 saturated carbocycles. The zero-order chi connectivity index (χ0) is 17.5. The Hall–Kier alpha value is -2.08. The van der Waals surface area contributed by atoms with Crippen LogP contribution >= 0.6 is 11.3 Å². The molecule has 1 aromatic carbocycles. The highest BCUT2D eigenvalue weighted by Crippen LogP contribution is 2.25. The molecule has 2 aromatic rings. The molecule has 0 atom stereocenters. The Balaban J connectivity index is 1.39. The maximum Gasteiger partial charge on any atom is 0.191 e. The SMILES string of the molecule is CCc1cnc(CCNC(=NC)NCCc2ccc3c(c2)CCO3)s1. The molecule has 134 valence electrons. The quantitative estimate of drug-likeness (QED) is 0.590. The number of fused-ring (bicyclic) bond motifs is 1. The van der Waals surface area contributed by atoms with E-state index in [0.29, 0.717) is 0 Å². The van der Waals surface area contributed by atoms with Crippen LogP contribution in [0.2, 0.25) is 0 Å². The van der Waals surface area contributed by atoms with Crippen molar-refractivity contribution in [3.63, 3.8) is 0 Å². The van der Waals surface area contributed by atoms with Crippen molar-refractivity contribution in [2.75, 3.05) is 26.7 Å². The normalized spacial score (nSPS) is 13.4. The van der Waals surface area contributed by atoms with Crippen molar-refractivity contribution >= 4 is 17.3 Å². The van der Waals surface area contributed by atoms with Gasteiger partial charge in [0.1, 0.15) is 5.75 Å². The molecule has 1 aliphatic heterocycles. The van der Waals surface area contributed by atoms with Gasteiger partial charge in [-0.05, 0) is 30.0 Å². The van der Waals surface area contributed by atoms with Gasteiger partial charge < -0.3 is 15.4 Å². The number of ether oxygens (including phenoxy) is 1. The second-order valence-corrected chi connectivity index (χ2v) is 7.24. The molecule has 25 heavy (non-hydrogen) atoms. The first kappa shape index (κ1) is 17.7. The van der Waals surface area contributed by atoms with Crippen molar-refractivity contribution in [1.82, 2.24) is 15.6 Å². The Morgan fingerprint density at radius 2 is 2.12 bits per heavy atom. The van der Waals surface area contributed by atoms with Crippen LogP contribution in [0.15, 0.2) is 29.4 Å². The van der Waals surface area contributed by atoms with Gasteiger partial charge in [0.2, 0.25) is 0 Å². The van der Waals surface area contributed by atoms with Crippen molar-refractivity contribution in [2.24, 2.45) is 4.99 Å². The smallest absolute Gasteiger partial charge is 0.191 e. The van der Waals surface area contributed by atoms with Crippen molar-refractivity contribution in [3.8, 4) is 5.75 Å². The summed E-state index contributed by atoms with van der Waals surface area (Å²) in [5.41, 5.74) is 2.66. The summed E-state index contributed by atoms with van der Waals surface area (Å²) in [6, 6.07) is 6.49. The highest BCUT2D eigenvalue weighted by molar-refractivity contribution is 7.11. The number of hydrogen-bond donors (Lipinski definition) is 2. The third-order valence-corrected chi connectivity index (χ3v) is 5.47. The van der Waals surface area contributed by atoms with Crippen LogP contribution in [0.5, 0.6) is 5.75 Å². The standard InChI is InChI=1S/C19H26N4OS/c1-3-16-13-23-18(25-16)7-10-22-19(20-2)21-9-6-14-4-5-17-15(12-14)8-11-24-17/h4-5,12-13H,3,6-11H2,1-2H3,(H2,20,21,22). The molecule has 0 unspecified atom stereocenters. The fourth-order valence-electron chi connectivity index (χ4n) is 2.86. The minimum absolute atomic E-state index is 0.812. The second kappa shape index (κ2) is 8.85. The Morgan fingerprint density at radius 1 is 1.28 bits per heavy atom. The fraction of sp³-hybridized carbons (Fsp3) is 0.474. The summed E-state index contributed by atoms with van der Waals surface area (Å²) in [5.74, 6) is 1.89. The van der Waals surface area contributed by atoms with Gasteiger partial charge in [-0.25, -0.2) is 4.98 Å². The van der Waals surface area contributed by atoms with E-state index in [9.17, 15) is 0 Å². The number of aliphatic imine (C=N–C) groups is 1. The highest BCUT2D eigenvalue weighted by Gasteiger charge is 2.11. The fourth-order valence-corrected chi connectivity index (χ4v) is 3.72. The third-order valence-electron chi connectivity index (χ3n) is 4.26. The Morgan fingerprint density at radius 3 is 2.88 bits per heavy atom. The van der Waals surface area contributed by atoms with Gasteiger partial charge >= 0.3 is 0 Å². The number of aromatic nitrogens is 1. The lowest BCUT2D eigenvalue weighted by Crippen LogP contribution is -2.39. The van der Waals surface area contributed by atoms with Crippen LogP contribution in [-0.4, -0.2) is 37.7 Å². The molecule has 1 aromatic heterocycles. The van der Waals surface area contributed by atoms with E-state index in [2.05, 4.69) is 45.7 Å². The van der Waals surface area contributed by atoms with Gasteiger partial charge in [-0.2, -0.15) is 0 Å². The molecule has 0 saturated heterocycles. The number of hydrogen-bond acceptors (Lipinski definition) is 4. The van der Waals surface area contributed by atoms with E-state index in [1.54, 1.807) is 18.4 Å². The van der Waals surface area contributed by atoms with Crippen LogP contribution in [0.3, 0.4) is 0 Å². The topological polar surface area (TPSA) is 58.5 Å². The molecule has 5 nitrogen and oxygen atoms in total. The Bertz CT molecular complexity index is 726. The predicted octanol–water partition coefficient (Wildman–Crippen LogP) is 2.59. The molecular weight excluding hydrogens is 332 g/mol. The summed E-state index contributed by atoms with van der Waals surface area (Å²) in [4.78, 5) is 10.1. The lowest BCUT2D eigenvalue weighted by molar-refractivity contribution is 0.357. The van der Waals surface area contributed by atoms with E-state index in [0.717, 1.165) is 57.1 Å². The Kier molecular flexibility index (Phi) is 6.28. The van der Waals surface area contributed by atoms with E-state index >= 15 is 0 Å². The van der Waals surface area contributed by atoms with Gasteiger partial charge in [0.15, 0.2) is 5.96 Å². The molecule has 0 radical (unpaired) electrons. The summed E-state index contributed by atoms with van der Waals surface area (Å²) in [6.45, 7) is 4.67. The van der Waals surface area contributed by atoms with E-state index in [1.807, 2.05) is 6.20 Å². The minimum Gasteiger partial charge on any atom is -0.493 e. The molecule has 0 bridgehead atoms. The van der Waals surface area contributed by atoms with Crippen LogP contribution in [0.4, 0.5) is 0 Å². The first-order chi connectivity index (χ1) is 12.3. The van der Waals surface area contributed by atoms with E-state index in [4.69, 9.17) is 4.74 Å². The largest absolute Gasteiger partial charge is 0.493 e. The van der Waals surface area contributed by atoms with Crippen LogP contribution in [-0.2, 0) is 25.7 Å². The van der Waals surface area contributed by atoms with Crippen LogP contribution in [0.25, 0.3) is 0 Å². The number of nitrogens with zero attached hydrogens (tertiary/aromatic N) is 2. The summed E-state index contributed by atoms with van der Waals surface area (Å²) >= 11 is 1.80. The van der Waals surface area contributed by atoms with Crippen LogP contribution < -0.4 is 15.4 Å². The van der Waals surface area contributed by atoms with E-state index in [-0.39, 0.29) is 0 Å². The number of aryl methyl sites for hydroxylation is 1. The molecule has 2 N–H and O–H groups in total. The zero-order valence-corrected chi connectivity index (χ0v) is 15.8. The monoisotopic (exact) mass is 358 g/mol. The van der Waals surface area contributed by atoms with Gasteiger partial charge in [-0.1, -0.05) is 19.1 Å². The molecule has 0 fully saturated rings. The third kappa shape index (κ3) is 4.95. The first-order valence-electron chi connectivity index (χ1n) is 8.91. The van der Waals surface area contributed by atoms with E-state index in [1.165, 1.54) is 21.0 Å². The molecule has 0 amide bonds. The van der Waals surface area contributed by atoms with Crippen molar-refractivity contribution < 1.29 is 4.74 Å². The van der Waals surface area contributed by atoms with Crippen molar-refractivity contribution in [1.29, 1.82) is 0 Å². The molecule has 2 heterocycles. The van der Waals surface area contributed by atoms with Crippen LogP contribution in [0.1, 0.15) is 27.9 Å². The van der Waals surface area contributed by atoms with Gasteiger partial charge in [0.25, 0.3) is 0 Å². The summed E-state index contributed by atoms with van der Waals surface area (Å²) < 4.78 is 5.55. The lowest BCUT2D eigenvalue weighted by atomic mass is 10.1.